The van der Waals surface area contributed by atoms with Crippen LogP contribution in [0.5, 0.6) is 0 Å². The lowest BCUT2D eigenvalue weighted by atomic mass is 9.84. The fraction of sp³-hybridized carbons (Fsp3) is 0.538. The molecule has 15 heavy (non-hydrogen) atoms. The van der Waals surface area contributed by atoms with E-state index in [1.54, 1.807) is 6.92 Å². The SMILES string of the molecule is CCCC(CC)C1=CC(=O)C=C(C)C1=O. The minimum Gasteiger partial charge on any atom is -0.290 e. The summed E-state index contributed by atoms with van der Waals surface area (Å²) >= 11 is 0. The van der Waals surface area contributed by atoms with E-state index in [0.717, 1.165) is 19.3 Å². The van der Waals surface area contributed by atoms with Crippen LogP contribution in [-0.2, 0) is 9.59 Å². The molecule has 0 fully saturated rings. The molecule has 2 nitrogen and oxygen atoms in total. The van der Waals surface area contributed by atoms with Crippen LogP contribution in [0, 0.1) is 5.92 Å². The van der Waals surface area contributed by atoms with Crippen LogP contribution in [0.1, 0.15) is 40.0 Å². The molecule has 0 aliphatic heterocycles. The first-order valence-electron chi connectivity index (χ1n) is 5.58. The fourth-order valence-corrected chi connectivity index (χ4v) is 2.00. The molecule has 0 aromatic rings. The van der Waals surface area contributed by atoms with Crippen LogP contribution < -0.4 is 0 Å². The van der Waals surface area contributed by atoms with Crippen molar-refractivity contribution in [1.29, 1.82) is 0 Å². The van der Waals surface area contributed by atoms with Gasteiger partial charge in [0, 0.05) is 11.1 Å². The van der Waals surface area contributed by atoms with Gasteiger partial charge in [-0.15, -0.1) is 0 Å². The van der Waals surface area contributed by atoms with E-state index in [-0.39, 0.29) is 17.5 Å². The van der Waals surface area contributed by atoms with Crippen molar-refractivity contribution in [2.75, 3.05) is 0 Å². The van der Waals surface area contributed by atoms with Gasteiger partial charge in [-0.2, -0.15) is 0 Å². The average molecular weight is 206 g/mol. The van der Waals surface area contributed by atoms with E-state index < -0.39 is 0 Å². The van der Waals surface area contributed by atoms with Crippen LogP contribution >= 0.6 is 0 Å². The monoisotopic (exact) mass is 206 g/mol. The second kappa shape index (κ2) is 5.06. The first-order valence-corrected chi connectivity index (χ1v) is 5.58. The van der Waals surface area contributed by atoms with Gasteiger partial charge in [-0.3, -0.25) is 9.59 Å². The van der Waals surface area contributed by atoms with Gasteiger partial charge in [-0.1, -0.05) is 20.3 Å². The van der Waals surface area contributed by atoms with E-state index in [1.807, 2.05) is 0 Å². The number of carbonyl (C=O) groups is 2. The number of ketones is 2. The summed E-state index contributed by atoms with van der Waals surface area (Å²) in [5.74, 6) is 0.252. The molecular weight excluding hydrogens is 188 g/mol. The molecule has 0 aromatic carbocycles. The quantitative estimate of drug-likeness (QED) is 0.663. The summed E-state index contributed by atoms with van der Waals surface area (Å²) in [7, 11) is 0. The third-order valence-electron chi connectivity index (χ3n) is 2.85. The Bertz CT molecular complexity index is 334. The Morgan fingerprint density at radius 2 is 1.87 bits per heavy atom. The van der Waals surface area contributed by atoms with Crippen molar-refractivity contribution in [3.05, 3.63) is 23.3 Å². The maximum atomic E-state index is 11.9. The highest BCUT2D eigenvalue weighted by molar-refractivity contribution is 6.20. The van der Waals surface area contributed by atoms with Crippen LogP contribution in [0.2, 0.25) is 0 Å². The van der Waals surface area contributed by atoms with Crippen molar-refractivity contribution < 1.29 is 9.59 Å². The molecule has 1 aliphatic carbocycles. The van der Waals surface area contributed by atoms with E-state index in [1.165, 1.54) is 12.2 Å². The molecule has 0 radical (unpaired) electrons. The van der Waals surface area contributed by atoms with Crippen LogP contribution in [0.3, 0.4) is 0 Å². The Morgan fingerprint density at radius 3 is 2.40 bits per heavy atom. The molecule has 0 spiro atoms. The number of hydrogen-bond acceptors (Lipinski definition) is 2. The van der Waals surface area contributed by atoms with Gasteiger partial charge in [-0.25, -0.2) is 0 Å². The van der Waals surface area contributed by atoms with Crippen molar-refractivity contribution in [3.63, 3.8) is 0 Å². The third-order valence-corrected chi connectivity index (χ3v) is 2.85. The molecule has 0 bridgehead atoms. The van der Waals surface area contributed by atoms with Gasteiger partial charge < -0.3 is 0 Å². The highest BCUT2D eigenvalue weighted by atomic mass is 16.1. The first-order chi connectivity index (χ1) is 7.10. The Kier molecular flexibility index (Phi) is 4.01. The molecule has 1 rings (SSSR count). The maximum absolute atomic E-state index is 11.9. The molecule has 1 aliphatic rings. The van der Waals surface area contributed by atoms with Gasteiger partial charge in [-0.05, 0) is 37.8 Å². The standard InChI is InChI=1S/C13H18O2/c1-4-6-10(5-2)12-8-11(14)7-9(3)13(12)15/h7-8,10H,4-6H2,1-3H3. The van der Waals surface area contributed by atoms with Crippen LogP contribution in [0.4, 0.5) is 0 Å². The summed E-state index contributed by atoms with van der Waals surface area (Å²) in [6.45, 7) is 5.87. The van der Waals surface area contributed by atoms with Crippen molar-refractivity contribution >= 4 is 11.6 Å². The Balaban J connectivity index is 2.93. The number of hydrogen-bond donors (Lipinski definition) is 0. The van der Waals surface area contributed by atoms with Crippen molar-refractivity contribution in [3.8, 4) is 0 Å². The van der Waals surface area contributed by atoms with Gasteiger partial charge in [0.05, 0.1) is 0 Å². The van der Waals surface area contributed by atoms with Gasteiger partial charge in [0.25, 0.3) is 0 Å². The van der Waals surface area contributed by atoms with Gasteiger partial charge in [0.15, 0.2) is 11.6 Å². The van der Waals surface area contributed by atoms with Gasteiger partial charge in [0.1, 0.15) is 0 Å². The van der Waals surface area contributed by atoms with E-state index in [2.05, 4.69) is 13.8 Å². The Labute approximate surface area is 91.1 Å². The zero-order valence-corrected chi connectivity index (χ0v) is 9.67. The summed E-state index contributed by atoms with van der Waals surface area (Å²) in [5, 5.41) is 0. The van der Waals surface area contributed by atoms with E-state index in [4.69, 9.17) is 0 Å². The second-order valence-corrected chi connectivity index (χ2v) is 4.05. The lowest BCUT2D eigenvalue weighted by molar-refractivity contribution is -0.115. The van der Waals surface area contributed by atoms with Gasteiger partial charge >= 0.3 is 0 Å². The maximum Gasteiger partial charge on any atom is 0.185 e. The molecular formula is C13H18O2. The van der Waals surface area contributed by atoms with Crippen molar-refractivity contribution in [1.82, 2.24) is 0 Å². The summed E-state index contributed by atoms with van der Waals surface area (Å²) in [6, 6.07) is 0. The van der Waals surface area contributed by atoms with E-state index in [0.29, 0.717) is 11.1 Å². The zero-order chi connectivity index (χ0) is 11.4. The summed E-state index contributed by atoms with van der Waals surface area (Å²) in [6.07, 6.45) is 5.88. The molecule has 0 N–H and O–H groups in total. The fourth-order valence-electron chi connectivity index (χ4n) is 2.00. The molecule has 0 heterocycles. The molecule has 0 saturated carbocycles. The highest BCUT2D eigenvalue weighted by Crippen LogP contribution is 2.26. The molecule has 1 unspecified atom stereocenters. The molecule has 2 heteroatoms. The molecule has 0 amide bonds. The number of allylic oxidation sites excluding steroid dienone is 4. The topological polar surface area (TPSA) is 34.1 Å². The van der Waals surface area contributed by atoms with Crippen molar-refractivity contribution in [2.24, 2.45) is 5.92 Å². The number of carbonyl (C=O) groups excluding carboxylic acids is 2. The second-order valence-electron chi connectivity index (χ2n) is 4.05. The van der Waals surface area contributed by atoms with Crippen molar-refractivity contribution in [2.45, 2.75) is 40.0 Å². The van der Waals surface area contributed by atoms with E-state index in [9.17, 15) is 9.59 Å². The number of rotatable bonds is 4. The Morgan fingerprint density at radius 1 is 1.20 bits per heavy atom. The first kappa shape index (κ1) is 11.9. The van der Waals surface area contributed by atoms with Crippen LogP contribution in [-0.4, -0.2) is 11.6 Å². The average Bonchev–Trinajstić information content (AvgIpc) is 2.20. The summed E-state index contributed by atoms with van der Waals surface area (Å²) in [5.41, 5.74) is 1.29. The smallest absolute Gasteiger partial charge is 0.185 e. The normalized spacial score (nSPS) is 18.6. The van der Waals surface area contributed by atoms with Gasteiger partial charge in [0.2, 0.25) is 0 Å². The third kappa shape index (κ3) is 2.65. The Hall–Kier alpha value is -1.18. The highest BCUT2D eigenvalue weighted by Gasteiger charge is 2.24. The zero-order valence-electron chi connectivity index (χ0n) is 9.67. The van der Waals surface area contributed by atoms with E-state index >= 15 is 0 Å². The predicted octanol–water partition coefficient (Wildman–Crippen LogP) is 2.84. The molecule has 0 aromatic heterocycles. The molecule has 82 valence electrons. The lowest BCUT2D eigenvalue weighted by Crippen LogP contribution is -2.19. The summed E-state index contributed by atoms with van der Waals surface area (Å²) < 4.78 is 0. The largest absolute Gasteiger partial charge is 0.290 e. The minimum absolute atomic E-state index is 0.0448. The minimum atomic E-state index is -0.0448. The molecule has 0 saturated heterocycles. The summed E-state index contributed by atoms with van der Waals surface area (Å²) in [4.78, 5) is 23.2. The predicted molar refractivity (Wildman–Crippen MR) is 60.5 cm³/mol. The van der Waals surface area contributed by atoms with Crippen LogP contribution in [0.25, 0.3) is 0 Å². The molecule has 1 atom stereocenters. The number of Topliss-reactive ketones (excluding diaryl/α,β-unsaturated/α-hetero) is 1. The lowest BCUT2D eigenvalue weighted by Gasteiger charge is -2.19. The van der Waals surface area contributed by atoms with Crippen LogP contribution in [0.15, 0.2) is 23.3 Å².